The zero-order valence-electron chi connectivity index (χ0n) is 14.8. The number of rotatable bonds is 8. The van der Waals surface area contributed by atoms with Gasteiger partial charge in [-0.15, -0.1) is 11.8 Å². The summed E-state index contributed by atoms with van der Waals surface area (Å²) in [6, 6.07) is 10.1. The quantitative estimate of drug-likeness (QED) is 0.494. The molecule has 0 atom stereocenters. The number of carbonyl (C=O) groups excluding carboxylic acids is 1. The Kier molecular flexibility index (Phi) is 7.67. The minimum absolute atomic E-state index is 0.154. The van der Waals surface area contributed by atoms with Gasteiger partial charge < -0.3 is 5.32 Å². The van der Waals surface area contributed by atoms with Crippen LogP contribution in [0.1, 0.15) is 24.2 Å². The molecule has 0 fully saturated rings. The molecule has 0 aliphatic rings. The summed E-state index contributed by atoms with van der Waals surface area (Å²) in [5.74, 6) is -0.867. The van der Waals surface area contributed by atoms with Crippen molar-refractivity contribution in [2.45, 2.75) is 29.7 Å². The van der Waals surface area contributed by atoms with E-state index in [1.807, 2.05) is 12.1 Å². The minimum atomic E-state index is -3.81. The maximum Gasteiger partial charge on any atom is 0.254 e. The maximum absolute atomic E-state index is 14.0. The van der Waals surface area contributed by atoms with Crippen LogP contribution in [0.3, 0.4) is 0 Å². The van der Waals surface area contributed by atoms with E-state index in [0.717, 1.165) is 23.1 Å². The summed E-state index contributed by atoms with van der Waals surface area (Å²) >= 11 is 7.33. The van der Waals surface area contributed by atoms with Crippen molar-refractivity contribution in [3.8, 4) is 0 Å². The number of amides is 1. The summed E-state index contributed by atoms with van der Waals surface area (Å²) in [5, 5.41) is 3.24. The van der Waals surface area contributed by atoms with Gasteiger partial charge >= 0.3 is 0 Å². The van der Waals surface area contributed by atoms with Crippen LogP contribution in [0.15, 0.2) is 52.3 Å². The Labute approximate surface area is 167 Å². The first-order valence-electron chi connectivity index (χ1n) is 8.17. The van der Waals surface area contributed by atoms with Gasteiger partial charge in [-0.2, -0.15) is 0 Å². The average molecular weight is 431 g/mol. The molecule has 0 aliphatic heterocycles. The van der Waals surface area contributed by atoms with Gasteiger partial charge in [0.15, 0.2) is 0 Å². The average Bonchev–Trinajstić information content (AvgIpc) is 2.59. The summed E-state index contributed by atoms with van der Waals surface area (Å²) in [6.45, 7) is 3.65. The van der Waals surface area contributed by atoms with Crippen molar-refractivity contribution in [2.24, 2.45) is 0 Å². The number of nitrogens with one attached hydrogen (secondary N) is 2. The molecule has 0 unspecified atom stereocenters. The fraction of sp³-hybridized carbons (Fsp3) is 0.278. The van der Waals surface area contributed by atoms with Crippen molar-refractivity contribution in [2.75, 3.05) is 12.3 Å². The maximum atomic E-state index is 14.0. The molecular formula is C18H20ClFN2O3S2. The van der Waals surface area contributed by atoms with Gasteiger partial charge in [0, 0.05) is 28.3 Å². The first kappa shape index (κ1) is 21.7. The summed E-state index contributed by atoms with van der Waals surface area (Å²) in [7, 11) is -3.81. The Bertz CT molecular complexity index is 903. The predicted molar refractivity (Wildman–Crippen MR) is 106 cm³/mol. The minimum Gasteiger partial charge on any atom is -0.351 e. The highest BCUT2D eigenvalue weighted by atomic mass is 35.5. The molecule has 5 nitrogen and oxygen atoms in total. The third kappa shape index (κ3) is 6.49. The molecule has 27 heavy (non-hydrogen) atoms. The lowest BCUT2D eigenvalue weighted by molar-refractivity contribution is 0.0952. The fourth-order valence-electron chi connectivity index (χ4n) is 2.18. The highest BCUT2D eigenvalue weighted by molar-refractivity contribution is 7.99. The van der Waals surface area contributed by atoms with Gasteiger partial charge in [0.1, 0.15) is 5.82 Å². The molecule has 0 saturated heterocycles. The second-order valence-corrected chi connectivity index (χ2v) is 9.29. The third-order valence-corrected chi connectivity index (χ3v) is 6.28. The Balaban J connectivity index is 1.99. The van der Waals surface area contributed by atoms with Crippen molar-refractivity contribution in [3.05, 3.63) is 58.9 Å². The molecule has 0 aromatic heterocycles. The van der Waals surface area contributed by atoms with Crippen LogP contribution in [0, 0.1) is 5.82 Å². The Morgan fingerprint density at radius 3 is 2.48 bits per heavy atom. The van der Waals surface area contributed by atoms with E-state index in [1.165, 1.54) is 11.8 Å². The van der Waals surface area contributed by atoms with E-state index in [-0.39, 0.29) is 16.5 Å². The van der Waals surface area contributed by atoms with Crippen molar-refractivity contribution in [1.82, 2.24) is 10.0 Å². The number of carbonyl (C=O) groups is 1. The molecule has 0 bridgehead atoms. The molecule has 146 valence electrons. The van der Waals surface area contributed by atoms with Crippen molar-refractivity contribution in [1.29, 1.82) is 0 Å². The first-order valence-corrected chi connectivity index (χ1v) is 11.0. The molecule has 9 heteroatoms. The Hall–Kier alpha value is -1.61. The van der Waals surface area contributed by atoms with Crippen LogP contribution in [0.2, 0.25) is 5.02 Å². The second-order valence-electron chi connectivity index (χ2n) is 5.98. The highest BCUT2D eigenvalue weighted by Gasteiger charge is 2.20. The van der Waals surface area contributed by atoms with Gasteiger partial charge in [-0.05, 0) is 56.3 Å². The van der Waals surface area contributed by atoms with Crippen LogP contribution < -0.4 is 10.0 Å². The number of benzene rings is 2. The van der Waals surface area contributed by atoms with Gasteiger partial charge in [-0.3, -0.25) is 4.79 Å². The third-order valence-electron chi connectivity index (χ3n) is 3.35. The van der Waals surface area contributed by atoms with Gasteiger partial charge in [0.05, 0.1) is 10.5 Å². The van der Waals surface area contributed by atoms with Crippen LogP contribution in [0.5, 0.6) is 0 Å². The largest absolute Gasteiger partial charge is 0.351 e. The molecule has 1 amide bonds. The zero-order valence-corrected chi connectivity index (χ0v) is 17.2. The fourth-order valence-corrected chi connectivity index (χ4v) is 4.35. The summed E-state index contributed by atoms with van der Waals surface area (Å²) < 4.78 is 40.8. The van der Waals surface area contributed by atoms with E-state index < -0.39 is 21.7 Å². The Morgan fingerprint density at radius 1 is 1.19 bits per heavy atom. The highest BCUT2D eigenvalue weighted by Crippen LogP contribution is 2.20. The normalized spacial score (nSPS) is 11.6. The van der Waals surface area contributed by atoms with Gasteiger partial charge in [0.25, 0.3) is 5.91 Å². The van der Waals surface area contributed by atoms with E-state index in [1.54, 1.807) is 26.0 Å². The summed E-state index contributed by atoms with van der Waals surface area (Å²) in [6.07, 6.45) is 0. The van der Waals surface area contributed by atoms with E-state index in [4.69, 9.17) is 11.6 Å². The lowest BCUT2D eigenvalue weighted by atomic mass is 10.2. The van der Waals surface area contributed by atoms with Gasteiger partial charge in [-0.25, -0.2) is 17.5 Å². The van der Waals surface area contributed by atoms with Crippen LogP contribution in [0.25, 0.3) is 0 Å². The summed E-state index contributed by atoms with van der Waals surface area (Å²) in [4.78, 5) is 13.1. The van der Waals surface area contributed by atoms with E-state index in [2.05, 4.69) is 10.0 Å². The van der Waals surface area contributed by atoms with Crippen molar-refractivity contribution in [3.63, 3.8) is 0 Å². The smallest absolute Gasteiger partial charge is 0.254 e. The number of hydrogen-bond acceptors (Lipinski definition) is 4. The number of thioether (sulfide) groups is 1. The van der Waals surface area contributed by atoms with E-state index in [9.17, 15) is 17.6 Å². The van der Waals surface area contributed by atoms with Crippen molar-refractivity contribution >= 4 is 39.3 Å². The summed E-state index contributed by atoms with van der Waals surface area (Å²) in [5.41, 5.74) is -0.307. The van der Waals surface area contributed by atoms with Crippen LogP contribution in [-0.2, 0) is 10.0 Å². The zero-order chi connectivity index (χ0) is 20.0. The molecule has 0 radical (unpaired) electrons. The Morgan fingerprint density at radius 2 is 1.85 bits per heavy atom. The standard InChI is InChI=1S/C18H20ClFN2O3S2/c1-12(2)22-27(24,25)15-7-8-17(20)16(11-15)18(23)21-9-10-26-14-5-3-13(19)4-6-14/h3-8,11-12,22H,9-10H2,1-2H3,(H,21,23). The van der Waals surface area contributed by atoms with Crippen LogP contribution in [-0.4, -0.2) is 32.7 Å². The van der Waals surface area contributed by atoms with Gasteiger partial charge in [-0.1, -0.05) is 11.6 Å². The van der Waals surface area contributed by atoms with Crippen LogP contribution >= 0.6 is 23.4 Å². The molecular weight excluding hydrogens is 411 g/mol. The lowest BCUT2D eigenvalue weighted by Gasteiger charge is -2.11. The molecule has 2 rings (SSSR count). The molecule has 2 aromatic rings. The first-order chi connectivity index (χ1) is 12.7. The van der Waals surface area contributed by atoms with E-state index in [0.29, 0.717) is 17.3 Å². The molecule has 0 aliphatic carbocycles. The molecule has 2 aromatic carbocycles. The monoisotopic (exact) mass is 430 g/mol. The lowest BCUT2D eigenvalue weighted by Crippen LogP contribution is -2.31. The van der Waals surface area contributed by atoms with Crippen LogP contribution in [0.4, 0.5) is 4.39 Å². The predicted octanol–water partition coefficient (Wildman–Crippen LogP) is 3.69. The number of hydrogen-bond donors (Lipinski definition) is 2. The van der Waals surface area contributed by atoms with E-state index >= 15 is 0 Å². The second kappa shape index (κ2) is 9.54. The number of sulfonamides is 1. The SMILES string of the molecule is CC(C)NS(=O)(=O)c1ccc(F)c(C(=O)NCCSc2ccc(Cl)cc2)c1. The number of halogens is 2. The molecule has 0 saturated carbocycles. The van der Waals surface area contributed by atoms with Crippen molar-refractivity contribution < 1.29 is 17.6 Å². The topological polar surface area (TPSA) is 75.3 Å². The molecule has 0 heterocycles. The molecule has 0 spiro atoms. The van der Waals surface area contributed by atoms with Gasteiger partial charge in [0.2, 0.25) is 10.0 Å². The molecule has 2 N–H and O–H groups in total.